The van der Waals surface area contributed by atoms with E-state index in [-0.39, 0.29) is 18.3 Å². The van der Waals surface area contributed by atoms with Crippen LogP contribution in [0.5, 0.6) is 0 Å². The largest absolute Gasteiger partial charge is 0.464 e. The fourth-order valence-electron chi connectivity index (χ4n) is 5.03. The van der Waals surface area contributed by atoms with Crippen LogP contribution in [-0.4, -0.2) is 76.8 Å². The lowest BCUT2D eigenvalue weighted by Gasteiger charge is -2.27. The number of aromatic nitrogens is 3. The molecule has 0 aliphatic heterocycles. The molecule has 52 heavy (non-hydrogen) atoms. The Kier molecular flexibility index (Phi) is 15.7. The van der Waals surface area contributed by atoms with Gasteiger partial charge in [-0.2, -0.15) is 13.4 Å². The van der Waals surface area contributed by atoms with Crippen molar-refractivity contribution in [2.45, 2.75) is 65.5 Å². The lowest BCUT2D eigenvalue weighted by molar-refractivity contribution is -0.144. The van der Waals surface area contributed by atoms with Crippen molar-refractivity contribution in [3.8, 4) is 0 Å². The average Bonchev–Trinajstić information content (AvgIpc) is 3.41. The molecule has 0 bridgehead atoms. The summed E-state index contributed by atoms with van der Waals surface area (Å²) >= 11 is 0. The van der Waals surface area contributed by atoms with Gasteiger partial charge in [0, 0.05) is 30.9 Å². The number of nitrogens with one attached hydrogen (secondary N) is 1. The van der Waals surface area contributed by atoms with Crippen LogP contribution in [0.15, 0.2) is 71.9 Å². The van der Waals surface area contributed by atoms with Crippen molar-refractivity contribution in [2.24, 2.45) is 17.8 Å². The zero-order valence-corrected chi connectivity index (χ0v) is 30.9. The van der Waals surface area contributed by atoms with Crippen molar-refractivity contribution in [1.82, 2.24) is 14.5 Å². The number of carbonyl (C=O) groups excluding carboxylic acids is 3. The zero-order chi connectivity index (χ0) is 38.3. The van der Waals surface area contributed by atoms with E-state index in [2.05, 4.69) is 22.2 Å². The Balaban J connectivity index is 0.00000136. The number of hydrogen-bond donors (Lipinski definition) is 3. The maximum Gasteiger partial charge on any atom is 0.435 e. The van der Waals surface area contributed by atoms with Gasteiger partial charge in [0.2, 0.25) is 0 Å². The summed E-state index contributed by atoms with van der Waals surface area (Å²) in [6, 6.07) is 17.3. The molecule has 2 heterocycles. The minimum absolute atomic E-state index is 0.195. The number of amides is 2. The van der Waals surface area contributed by atoms with E-state index in [1.807, 2.05) is 41.9 Å². The number of anilines is 2. The van der Waals surface area contributed by atoms with Crippen molar-refractivity contribution < 1.29 is 36.8 Å². The number of aliphatic imine (C=N–C) groups is 1. The average molecular weight is 738 g/mol. The summed E-state index contributed by atoms with van der Waals surface area (Å²) < 4.78 is 38.2. The van der Waals surface area contributed by atoms with Crippen LogP contribution in [0.25, 0.3) is 11.0 Å². The van der Waals surface area contributed by atoms with Gasteiger partial charge < -0.3 is 25.1 Å². The molecule has 15 nitrogen and oxygen atoms in total. The highest BCUT2D eigenvalue weighted by Crippen LogP contribution is 2.23. The van der Waals surface area contributed by atoms with Gasteiger partial charge in [-0.15, -0.1) is 0 Å². The fourth-order valence-corrected chi connectivity index (χ4v) is 5.03. The third-order valence-corrected chi connectivity index (χ3v) is 7.60. The SMILES string of the molecule is CCCCCCOC(=O)/N=C(\N)Cc1ccc(NCc2nc3cc(C(=O)N(c4ccccn4)C(C)C(=O)OCC)ccc3n2C)cc1.CS(=O)(=O)O. The molecule has 0 radical (unpaired) electrons. The number of ether oxygens (including phenoxy) is 2. The standard InChI is InChI=1S/C35H43N7O5.CH4O3S/c1-5-7-8-11-20-47-35(45)40-30(36)21-25-13-16-27(17-14-25)38-23-32-39-28-22-26(15-18-29(28)41(32)4)33(43)42(24(3)34(44)46-6-2)31-12-9-10-19-37-31;1-5(2,3)4/h9-10,12-19,22,24,38H,5-8,11,20-21,23H2,1-4H3,(H2,36,40,45);1H3,(H,2,3,4). The summed E-state index contributed by atoms with van der Waals surface area (Å²) in [6.45, 7) is 6.45. The first-order valence-electron chi connectivity index (χ1n) is 16.8. The monoisotopic (exact) mass is 737 g/mol. The molecule has 16 heteroatoms. The van der Waals surface area contributed by atoms with E-state index in [1.54, 1.807) is 50.4 Å². The number of hydrogen-bond acceptors (Lipinski definition) is 10. The molecule has 2 aromatic heterocycles. The number of carbonyl (C=O) groups is 3. The molecule has 4 rings (SSSR count). The van der Waals surface area contributed by atoms with Crippen molar-refractivity contribution >= 4 is 56.5 Å². The molecule has 2 aromatic carbocycles. The van der Waals surface area contributed by atoms with Gasteiger partial charge in [-0.1, -0.05) is 44.4 Å². The van der Waals surface area contributed by atoms with Crippen LogP contribution >= 0.6 is 0 Å². The second-order valence-electron chi connectivity index (χ2n) is 11.8. The second kappa shape index (κ2) is 19.9. The number of amidine groups is 1. The molecule has 0 aliphatic carbocycles. The smallest absolute Gasteiger partial charge is 0.435 e. The molecule has 280 valence electrons. The minimum atomic E-state index is -3.67. The van der Waals surface area contributed by atoms with Crippen LogP contribution in [0.1, 0.15) is 68.2 Å². The fraction of sp³-hybridized carbons (Fsp3) is 0.389. The number of unbranched alkanes of at least 4 members (excludes halogenated alkanes) is 3. The second-order valence-corrected chi connectivity index (χ2v) is 13.3. The Morgan fingerprint density at radius 1 is 1.04 bits per heavy atom. The number of benzene rings is 2. The summed E-state index contributed by atoms with van der Waals surface area (Å²) in [5.41, 5.74) is 9.62. The van der Waals surface area contributed by atoms with Crippen LogP contribution in [0.4, 0.5) is 16.3 Å². The predicted octanol–water partition coefficient (Wildman–Crippen LogP) is 5.30. The molecule has 1 atom stereocenters. The molecule has 0 saturated heterocycles. The van der Waals surface area contributed by atoms with E-state index < -0.39 is 28.2 Å². The molecule has 0 spiro atoms. The first kappa shape index (κ1) is 41.1. The molecular formula is C36H47N7O8S. The van der Waals surface area contributed by atoms with E-state index in [1.165, 1.54) is 4.90 Å². The summed E-state index contributed by atoms with van der Waals surface area (Å²) in [4.78, 5) is 52.5. The third kappa shape index (κ3) is 13.1. The Labute approximate surface area is 304 Å². The molecule has 1 unspecified atom stereocenters. The first-order chi connectivity index (χ1) is 24.7. The van der Waals surface area contributed by atoms with Crippen LogP contribution in [0.2, 0.25) is 0 Å². The van der Waals surface area contributed by atoms with E-state index in [0.717, 1.165) is 48.3 Å². The van der Waals surface area contributed by atoms with E-state index >= 15 is 0 Å². The number of fused-ring (bicyclic) bond motifs is 1. The Bertz CT molecular complexity index is 1920. The van der Waals surface area contributed by atoms with Crippen LogP contribution in [0, 0.1) is 0 Å². The highest BCUT2D eigenvalue weighted by molar-refractivity contribution is 7.85. The predicted molar refractivity (Wildman–Crippen MR) is 200 cm³/mol. The summed E-state index contributed by atoms with van der Waals surface area (Å²) in [6.07, 6.45) is 6.03. The van der Waals surface area contributed by atoms with E-state index in [4.69, 9.17) is 24.7 Å². The summed E-state index contributed by atoms with van der Waals surface area (Å²) in [5.74, 6) is 0.402. The molecule has 0 saturated carbocycles. The van der Waals surface area contributed by atoms with Gasteiger partial charge in [0.25, 0.3) is 16.0 Å². The van der Waals surface area contributed by atoms with Crippen LogP contribution in [-0.2, 0) is 44.4 Å². The topological polar surface area (TPSA) is 208 Å². The number of imidazole rings is 1. The van der Waals surface area contributed by atoms with E-state index in [0.29, 0.717) is 42.7 Å². The normalized spacial score (nSPS) is 12.0. The highest BCUT2D eigenvalue weighted by atomic mass is 32.2. The lowest BCUT2D eigenvalue weighted by atomic mass is 10.1. The summed E-state index contributed by atoms with van der Waals surface area (Å²) in [5, 5.41) is 3.38. The van der Waals surface area contributed by atoms with Gasteiger partial charge in [0.05, 0.1) is 37.0 Å². The highest BCUT2D eigenvalue weighted by Gasteiger charge is 2.30. The van der Waals surface area contributed by atoms with Crippen molar-refractivity contribution in [1.29, 1.82) is 0 Å². The van der Waals surface area contributed by atoms with Crippen molar-refractivity contribution in [3.63, 3.8) is 0 Å². The zero-order valence-electron chi connectivity index (χ0n) is 30.1. The maximum atomic E-state index is 13.8. The van der Waals surface area contributed by atoms with Crippen molar-refractivity contribution in [3.05, 3.63) is 83.8 Å². The lowest BCUT2D eigenvalue weighted by Crippen LogP contribution is -2.44. The number of nitrogens with two attached hydrogens (primary N) is 1. The van der Waals surface area contributed by atoms with Crippen molar-refractivity contribution in [2.75, 3.05) is 29.7 Å². The molecule has 2 amide bonds. The molecular weight excluding hydrogens is 691 g/mol. The molecule has 0 fully saturated rings. The summed E-state index contributed by atoms with van der Waals surface area (Å²) in [7, 11) is -1.75. The Morgan fingerprint density at radius 2 is 1.75 bits per heavy atom. The quantitative estimate of drug-likeness (QED) is 0.0467. The molecule has 4 aromatic rings. The minimum Gasteiger partial charge on any atom is -0.464 e. The number of nitrogens with zero attached hydrogens (tertiary/aromatic N) is 5. The van der Waals surface area contributed by atoms with Crippen LogP contribution in [0.3, 0.4) is 0 Å². The Hall–Kier alpha value is -5.35. The van der Waals surface area contributed by atoms with Gasteiger partial charge in [0.1, 0.15) is 23.5 Å². The third-order valence-electron chi connectivity index (χ3n) is 7.60. The molecule has 0 aliphatic rings. The number of pyridine rings is 1. The van der Waals surface area contributed by atoms with Crippen LogP contribution < -0.4 is 16.0 Å². The first-order valence-corrected chi connectivity index (χ1v) is 18.7. The number of aryl methyl sites for hydroxylation is 1. The number of esters is 1. The maximum absolute atomic E-state index is 13.8. The number of rotatable bonds is 15. The molecule has 4 N–H and O–H groups in total. The van der Waals surface area contributed by atoms with Gasteiger partial charge in [0.15, 0.2) is 0 Å². The van der Waals surface area contributed by atoms with Gasteiger partial charge >= 0.3 is 12.1 Å². The van der Waals surface area contributed by atoms with Gasteiger partial charge in [-0.05, 0) is 68.3 Å². The Morgan fingerprint density at radius 3 is 2.38 bits per heavy atom. The van der Waals surface area contributed by atoms with E-state index in [9.17, 15) is 22.8 Å². The van der Waals surface area contributed by atoms with Gasteiger partial charge in [-0.3, -0.25) is 14.2 Å². The van der Waals surface area contributed by atoms with Gasteiger partial charge in [-0.25, -0.2) is 19.6 Å².